The number of nitrogens with zero attached hydrogens (tertiary/aromatic N) is 2. The summed E-state index contributed by atoms with van der Waals surface area (Å²) < 4.78 is 5.67. The first kappa shape index (κ1) is 14.0. The molecular formula is C16H17N3O. The molecule has 20 heavy (non-hydrogen) atoms. The summed E-state index contributed by atoms with van der Waals surface area (Å²) in [6.45, 7) is 2.39. The zero-order chi connectivity index (χ0) is 14.4. The highest BCUT2D eigenvalue weighted by Gasteiger charge is 2.05. The lowest BCUT2D eigenvalue weighted by Gasteiger charge is -2.11. The summed E-state index contributed by atoms with van der Waals surface area (Å²) in [6.07, 6.45) is 2.50. The molecule has 2 aromatic rings. The molecule has 2 N–H and O–H groups in total. The molecule has 2 rings (SSSR count). The Balaban J connectivity index is 2.03. The number of ether oxygens (including phenoxy) is 1. The van der Waals surface area contributed by atoms with Gasteiger partial charge in [-0.3, -0.25) is 0 Å². The molecule has 102 valence electrons. The molecule has 0 aliphatic carbocycles. The van der Waals surface area contributed by atoms with Gasteiger partial charge in [0.15, 0.2) is 0 Å². The van der Waals surface area contributed by atoms with Crippen molar-refractivity contribution < 1.29 is 4.74 Å². The van der Waals surface area contributed by atoms with Gasteiger partial charge in [-0.05, 0) is 30.2 Å². The van der Waals surface area contributed by atoms with Gasteiger partial charge in [-0.1, -0.05) is 25.1 Å². The summed E-state index contributed by atoms with van der Waals surface area (Å²) in [5.41, 5.74) is 8.24. The van der Waals surface area contributed by atoms with E-state index < -0.39 is 0 Å². The lowest BCUT2D eigenvalue weighted by molar-refractivity contribution is 0.305. The van der Waals surface area contributed by atoms with Crippen molar-refractivity contribution in [2.24, 2.45) is 5.73 Å². The third-order valence-electron chi connectivity index (χ3n) is 3.14. The first-order valence-electron chi connectivity index (χ1n) is 6.57. The summed E-state index contributed by atoms with van der Waals surface area (Å²) in [7, 11) is 0. The summed E-state index contributed by atoms with van der Waals surface area (Å²) in [5.74, 6) is 0.754. The van der Waals surface area contributed by atoms with Gasteiger partial charge in [0.1, 0.15) is 24.1 Å². The van der Waals surface area contributed by atoms with E-state index in [9.17, 15) is 0 Å². The third kappa shape index (κ3) is 3.34. The Labute approximate surface area is 118 Å². The van der Waals surface area contributed by atoms with Crippen LogP contribution in [-0.2, 0) is 6.61 Å². The highest BCUT2D eigenvalue weighted by atomic mass is 16.5. The molecule has 0 saturated heterocycles. The number of nitriles is 1. The van der Waals surface area contributed by atoms with Gasteiger partial charge >= 0.3 is 0 Å². The van der Waals surface area contributed by atoms with Crippen LogP contribution in [0.25, 0.3) is 0 Å². The molecular weight excluding hydrogens is 250 g/mol. The Morgan fingerprint density at radius 2 is 2.05 bits per heavy atom. The van der Waals surface area contributed by atoms with Crippen LogP contribution in [0.1, 0.15) is 36.2 Å². The van der Waals surface area contributed by atoms with Crippen molar-refractivity contribution in [2.45, 2.75) is 26.0 Å². The topological polar surface area (TPSA) is 71.9 Å². The third-order valence-corrected chi connectivity index (χ3v) is 3.14. The van der Waals surface area contributed by atoms with Crippen LogP contribution in [0.2, 0.25) is 0 Å². The summed E-state index contributed by atoms with van der Waals surface area (Å²) in [5, 5.41) is 8.96. The molecule has 4 heteroatoms. The second-order valence-electron chi connectivity index (χ2n) is 4.50. The molecule has 1 unspecified atom stereocenters. The van der Waals surface area contributed by atoms with Crippen LogP contribution in [0.4, 0.5) is 0 Å². The van der Waals surface area contributed by atoms with E-state index in [2.05, 4.69) is 18.0 Å². The maximum absolute atomic E-state index is 8.96. The average Bonchev–Trinajstić information content (AvgIpc) is 2.53. The molecule has 0 aliphatic heterocycles. The number of benzene rings is 1. The Kier molecular flexibility index (Phi) is 4.70. The van der Waals surface area contributed by atoms with Gasteiger partial charge < -0.3 is 10.5 Å². The number of rotatable bonds is 5. The first-order chi connectivity index (χ1) is 9.74. The van der Waals surface area contributed by atoms with Gasteiger partial charge in [-0.2, -0.15) is 5.26 Å². The fraction of sp³-hybridized carbons (Fsp3) is 0.250. The van der Waals surface area contributed by atoms with Crippen LogP contribution in [0.15, 0.2) is 42.6 Å². The van der Waals surface area contributed by atoms with Gasteiger partial charge in [-0.25, -0.2) is 4.98 Å². The van der Waals surface area contributed by atoms with Crippen LogP contribution >= 0.6 is 0 Å². The predicted molar refractivity (Wildman–Crippen MR) is 76.9 cm³/mol. The Morgan fingerprint density at radius 1 is 1.30 bits per heavy atom. The molecule has 1 aromatic heterocycles. The van der Waals surface area contributed by atoms with Crippen molar-refractivity contribution in [1.82, 2.24) is 4.98 Å². The molecule has 4 nitrogen and oxygen atoms in total. The Morgan fingerprint density at radius 3 is 2.70 bits per heavy atom. The van der Waals surface area contributed by atoms with Crippen LogP contribution < -0.4 is 10.5 Å². The van der Waals surface area contributed by atoms with Crippen LogP contribution in [-0.4, -0.2) is 4.98 Å². The lowest BCUT2D eigenvalue weighted by atomic mass is 10.1. The molecule has 1 aromatic carbocycles. The van der Waals surface area contributed by atoms with E-state index in [4.69, 9.17) is 15.7 Å². The Hall–Kier alpha value is -2.38. The fourth-order valence-electron chi connectivity index (χ4n) is 1.86. The average molecular weight is 267 g/mol. The van der Waals surface area contributed by atoms with Crippen molar-refractivity contribution in [3.05, 3.63) is 59.4 Å². The quantitative estimate of drug-likeness (QED) is 0.904. The lowest BCUT2D eigenvalue weighted by Crippen LogP contribution is -2.08. The molecule has 0 spiro atoms. The van der Waals surface area contributed by atoms with E-state index in [-0.39, 0.29) is 6.04 Å². The normalized spacial score (nSPS) is 11.7. The monoisotopic (exact) mass is 267 g/mol. The molecule has 0 radical (unpaired) electrons. The number of hydrogen-bond acceptors (Lipinski definition) is 4. The molecule has 1 heterocycles. The van der Waals surface area contributed by atoms with E-state index >= 15 is 0 Å². The first-order valence-corrected chi connectivity index (χ1v) is 6.57. The van der Waals surface area contributed by atoms with E-state index in [0.717, 1.165) is 23.3 Å². The van der Waals surface area contributed by atoms with Crippen molar-refractivity contribution >= 4 is 0 Å². The standard InChI is InChI=1S/C16H17N3O/c1-2-15(18)12-5-7-14(8-6-12)20-11-13-4-3-9-19-16(13)10-17/h3-9,15H,2,11,18H2,1H3. The minimum atomic E-state index is 0.0626. The van der Waals surface area contributed by atoms with E-state index in [1.165, 1.54) is 0 Å². The van der Waals surface area contributed by atoms with Gasteiger partial charge in [0, 0.05) is 17.8 Å². The number of nitrogens with two attached hydrogens (primary N) is 1. The van der Waals surface area contributed by atoms with Crippen LogP contribution in [0.3, 0.4) is 0 Å². The second-order valence-corrected chi connectivity index (χ2v) is 4.50. The van der Waals surface area contributed by atoms with Gasteiger partial charge in [0.05, 0.1) is 0 Å². The molecule has 0 saturated carbocycles. The molecule has 0 amide bonds. The molecule has 0 fully saturated rings. The Bertz CT molecular complexity index is 602. The van der Waals surface area contributed by atoms with Crippen molar-refractivity contribution in [2.75, 3.05) is 0 Å². The zero-order valence-electron chi connectivity index (χ0n) is 11.4. The van der Waals surface area contributed by atoms with Gasteiger partial charge in [0.25, 0.3) is 0 Å². The van der Waals surface area contributed by atoms with Gasteiger partial charge in [-0.15, -0.1) is 0 Å². The number of aromatic nitrogens is 1. The fourth-order valence-corrected chi connectivity index (χ4v) is 1.86. The highest BCUT2D eigenvalue weighted by Crippen LogP contribution is 2.19. The van der Waals surface area contributed by atoms with E-state index in [1.54, 1.807) is 12.3 Å². The maximum atomic E-state index is 8.96. The molecule has 0 bridgehead atoms. The summed E-state index contributed by atoms with van der Waals surface area (Å²) >= 11 is 0. The molecule has 0 aliphatic rings. The van der Waals surface area contributed by atoms with Crippen LogP contribution in [0, 0.1) is 11.3 Å². The SMILES string of the molecule is CCC(N)c1ccc(OCc2cccnc2C#N)cc1. The highest BCUT2D eigenvalue weighted by molar-refractivity contribution is 5.32. The van der Waals surface area contributed by atoms with E-state index in [0.29, 0.717) is 12.3 Å². The maximum Gasteiger partial charge on any atom is 0.147 e. The molecule has 1 atom stereocenters. The van der Waals surface area contributed by atoms with Crippen molar-refractivity contribution in [3.8, 4) is 11.8 Å². The van der Waals surface area contributed by atoms with Crippen molar-refractivity contribution in [3.63, 3.8) is 0 Å². The predicted octanol–water partition coefficient (Wildman–Crippen LogP) is 2.94. The minimum absolute atomic E-state index is 0.0626. The zero-order valence-corrected chi connectivity index (χ0v) is 11.4. The summed E-state index contributed by atoms with van der Waals surface area (Å²) in [4.78, 5) is 4.00. The van der Waals surface area contributed by atoms with Gasteiger partial charge in [0.2, 0.25) is 0 Å². The largest absolute Gasteiger partial charge is 0.489 e. The smallest absolute Gasteiger partial charge is 0.147 e. The number of hydrogen-bond donors (Lipinski definition) is 1. The minimum Gasteiger partial charge on any atom is -0.489 e. The second kappa shape index (κ2) is 6.69. The summed E-state index contributed by atoms with van der Waals surface area (Å²) in [6, 6.07) is 13.5. The van der Waals surface area contributed by atoms with E-state index in [1.807, 2.05) is 30.3 Å². The van der Waals surface area contributed by atoms with Crippen LogP contribution in [0.5, 0.6) is 5.75 Å². The van der Waals surface area contributed by atoms with Crippen molar-refractivity contribution in [1.29, 1.82) is 5.26 Å². The number of pyridine rings is 1.